The second-order valence-corrected chi connectivity index (χ2v) is 12.7. The van der Waals surface area contributed by atoms with E-state index in [1.807, 2.05) is 11.8 Å². The zero-order chi connectivity index (χ0) is 29.1. The van der Waals surface area contributed by atoms with E-state index >= 15 is 0 Å². The van der Waals surface area contributed by atoms with Gasteiger partial charge in [0.15, 0.2) is 5.60 Å². The largest absolute Gasteiger partial charge is 0.419 e. The lowest BCUT2D eigenvalue weighted by Crippen LogP contribution is -2.72. The van der Waals surface area contributed by atoms with E-state index in [2.05, 4.69) is 30.8 Å². The van der Waals surface area contributed by atoms with E-state index in [1.54, 1.807) is 0 Å². The second kappa shape index (κ2) is 12.1. The van der Waals surface area contributed by atoms with E-state index in [4.69, 9.17) is 10.00 Å². The lowest BCUT2D eigenvalue weighted by atomic mass is 9.64. The van der Waals surface area contributed by atoms with Crippen LogP contribution in [0.3, 0.4) is 0 Å². The summed E-state index contributed by atoms with van der Waals surface area (Å²) >= 11 is 0. The van der Waals surface area contributed by atoms with Crippen molar-refractivity contribution in [2.24, 2.45) is 16.7 Å². The maximum absolute atomic E-state index is 13.4. The molecule has 0 unspecified atom stereocenters. The molecule has 0 bridgehead atoms. The molecule has 3 rings (SSSR count). The fourth-order valence-electron chi connectivity index (χ4n) is 6.70. The Morgan fingerprint density at radius 3 is 2.05 bits per heavy atom. The van der Waals surface area contributed by atoms with Crippen molar-refractivity contribution in [3.63, 3.8) is 0 Å². The quantitative estimate of drug-likeness (QED) is 0.291. The van der Waals surface area contributed by atoms with Crippen LogP contribution in [-0.2, 0) is 4.74 Å². The van der Waals surface area contributed by atoms with Gasteiger partial charge in [0.2, 0.25) is 0 Å². The minimum absolute atomic E-state index is 0.0692. The van der Waals surface area contributed by atoms with Gasteiger partial charge in [0.05, 0.1) is 12.5 Å². The lowest BCUT2D eigenvalue weighted by Gasteiger charge is -2.54. The highest BCUT2D eigenvalue weighted by molar-refractivity contribution is 5.07. The molecule has 222 valence electrons. The summed E-state index contributed by atoms with van der Waals surface area (Å²) in [7, 11) is 1.11. The average Bonchev–Trinajstić information content (AvgIpc) is 2.80. The highest BCUT2D eigenvalue weighted by Gasteiger charge is 2.63. The van der Waals surface area contributed by atoms with Gasteiger partial charge in [-0.25, -0.2) is 4.90 Å². The van der Waals surface area contributed by atoms with E-state index in [9.17, 15) is 26.3 Å². The van der Waals surface area contributed by atoms with E-state index in [0.29, 0.717) is 25.7 Å². The van der Waals surface area contributed by atoms with E-state index < -0.39 is 24.5 Å². The number of hydrogen-bond acceptors (Lipinski definition) is 4. The molecule has 1 aliphatic heterocycles. The first-order valence-corrected chi connectivity index (χ1v) is 14.0. The summed E-state index contributed by atoms with van der Waals surface area (Å²) in [5.41, 5.74) is -2.33. The maximum atomic E-state index is 13.4. The number of hydrogen-bond donors (Lipinski definition) is 0. The van der Waals surface area contributed by atoms with Gasteiger partial charge in [0.1, 0.15) is 6.54 Å². The third-order valence-corrected chi connectivity index (χ3v) is 9.88. The first kappa shape index (κ1) is 32.0. The molecular formula is C28H43F6N4O+. The molecule has 0 aromatic carbocycles. The van der Waals surface area contributed by atoms with Crippen molar-refractivity contribution >= 4 is 0 Å². The Labute approximate surface area is 228 Å². The van der Waals surface area contributed by atoms with E-state index in [0.717, 1.165) is 45.6 Å². The summed E-state index contributed by atoms with van der Waals surface area (Å²) in [6.45, 7) is 4.87. The van der Waals surface area contributed by atoms with Gasteiger partial charge in [-0.05, 0) is 68.1 Å². The van der Waals surface area contributed by atoms with Crippen LogP contribution in [-0.4, -0.2) is 73.2 Å². The fraction of sp³-hybridized carbons (Fsp3) is 0.929. The number of halogens is 6. The number of alkyl halides is 6. The molecule has 2 aliphatic carbocycles. The van der Waals surface area contributed by atoms with Gasteiger partial charge >= 0.3 is 19.0 Å². The molecule has 0 aromatic heterocycles. The van der Waals surface area contributed by atoms with E-state index in [-0.39, 0.29) is 48.6 Å². The van der Waals surface area contributed by atoms with Crippen LogP contribution in [0.15, 0.2) is 0 Å². The molecule has 0 aromatic rings. The first-order chi connectivity index (χ1) is 18.1. The Morgan fingerprint density at radius 2 is 1.59 bits per heavy atom. The number of nitriles is 1. The molecule has 1 saturated heterocycles. The van der Waals surface area contributed by atoms with Gasteiger partial charge in [-0.2, -0.15) is 31.6 Å². The minimum Gasteiger partial charge on any atom is -0.366 e. The van der Waals surface area contributed by atoms with Crippen molar-refractivity contribution < 1.29 is 31.1 Å². The smallest absolute Gasteiger partial charge is 0.366 e. The van der Waals surface area contributed by atoms with Gasteiger partial charge in [-0.3, -0.25) is 4.90 Å². The third-order valence-electron chi connectivity index (χ3n) is 9.88. The predicted molar refractivity (Wildman–Crippen MR) is 137 cm³/mol. The van der Waals surface area contributed by atoms with Crippen LogP contribution in [0.4, 0.5) is 26.3 Å². The summed E-state index contributed by atoms with van der Waals surface area (Å²) in [6.07, 6.45) is -1.98. The fourth-order valence-corrected chi connectivity index (χ4v) is 6.70. The molecule has 11 heteroatoms. The van der Waals surface area contributed by atoms with Crippen molar-refractivity contribution in [2.75, 3.05) is 33.4 Å². The van der Waals surface area contributed by atoms with Crippen LogP contribution in [0.5, 0.6) is 0 Å². The Bertz CT molecular complexity index is 910. The van der Waals surface area contributed by atoms with Crippen LogP contribution < -0.4 is 0 Å². The summed E-state index contributed by atoms with van der Waals surface area (Å²) in [4.78, 5) is 7.59. The highest BCUT2D eigenvalue weighted by Crippen LogP contribution is 2.49. The summed E-state index contributed by atoms with van der Waals surface area (Å²) in [6, 6.07) is 5.11. The maximum Gasteiger partial charge on any atom is 0.419 e. The topological polar surface area (TPSA) is 43.9 Å². The standard InChI is InChI=1S/C28H43F6N4O/c1-21(2)25(11-7-22(8-12-25)37-17-26(18-37,39-4)28(32,33)34)14-16-36-20-38(19-27(29,30)31)23-5-9-24(3,10-6-23)13-15-35/h21-23H,5-14,17-20H2,1-4H3/q+1/t22-,23-,24+,25+. The Hall–Kier alpha value is -1.56. The molecule has 0 amide bonds. The number of methoxy groups -OCH3 is 1. The summed E-state index contributed by atoms with van der Waals surface area (Å²) in [5.74, 6) is 0.285. The van der Waals surface area contributed by atoms with E-state index in [1.165, 1.54) is 4.90 Å². The molecule has 2 saturated carbocycles. The van der Waals surface area contributed by atoms with Crippen molar-refractivity contribution in [1.29, 1.82) is 5.26 Å². The van der Waals surface area contributed by atoms with Crippen molar-refractivity contribution in [3.8, 4) is 12.1 Å². The SMILES string of the molecule is COC1(C(F)(F)F)CN([C@H]2CC[C@@](CC#[N+]CN(CC(F)(F)F)[C@H]3CC[C@@](C)(CC#N)CC3)(C(C)C)CC2)C1. The average molecular weight is 566 g/mol. The van der Waals surface area contributed by atoms with Gasteiger partial charge in [-0.1, -0.05) is 25.6 Å². The number of nitrogens with zero attached hydrogens (tertiary/aromatic N) is 4. The zero-order valence-electron chi connectivity index (χ0n) is 23.6. The molecule has 0 N–H and O–H groups in total. The first-order valence-electron chi connectivity index (χ1n) is 14.0. The van der Waals surface area contributed by atoms with Crippen LogP contribution >= 0.6 is 0 Å². The van der Waals surface area contributed by atoms with Crippen LogP contribution in [0.1, 0.15) is 85.0 Å². The van der Waals surface area contributed by atoms with Crippen LogP contribution in [0, 0.1) is 34.1 Å². The van der Waals surface area contributed by atoms with Crippen molar-refractivity contribution in [2.45, 2.75) is 115 Å². The van der Waals surface area contributed by atoms with Gasteiger partial charge < -0.3 is 4.74 Å². The Balaban J connectivity index is 1.57. The molecule has 5 nitrogen and oxygen atoms in total. The molecule has 3 aliphatic rings. The normalized spacial score (nSPS) is 31.9. The molecular weight excluding hydrogens is 522 g/mol. The minimum atomic E-state index is -4.39. The molecule has 3 fully saturated rings. The molecule has 0 radical (unpaired) electrons. The second-order valence-electron chi connectivity index (χ2n) is 12.7. The number of ether oxygens (including phenoxy) is 1. The van der Waals surface area contributed by atoms with Crippen molar-refractivity contribution in [1.82, 2.24) is 9.80 Å². The lowest BCUT2D eigenvalue weighted by molar-refractivity contribution is -0.316. The molecule has 1 heterocycles. The monoisotopic (exact) mass is 565 g/mol. The van der Waals surface area contributed by atoms with Gasteiger partial charge in [0.25, 0.3) is 6.07 Å². The summed E-state index contributed by atoms with van der Waals surface area (Å²) in [5, 5.41) is 9.06. The van der Waals surface area contributed by atoms with Gasteiger partial charge in [0, 0.05) is 38.7 Å². The predicted octanol–water partition coefficient (Wildman–Crippen LogP) is 7.24. The van der Waals surface area contributed by atoms with Crippen LogP contribution in [0.25, 0.3) is 4.85 Å². The number of rotatable bonds is 8. The molecule has 39 heavy (non-hydrogen) atoms. The highest BCUT2D eigenvalue weighted by atomic mass is 19.4. The van der Waals surface area contributed by atoms with Gasteiger partial charge in [-0.15, -0.1) is 0 Å². The van der Waals surface area contributed by atoms with Crippen molar-refractivity contribution in [3.05, 3.63) is 4.85 Å². The Morgan fingerprint density at radius 1 is 1.00 bits per heavy atom. The van der Waals surface area contributed by atoms with Crippen LogP contribution in [0.2, 0.25) is 0 Å². The Kier molecular flexibility index (Phi) is 9.94. The summed E-state index contributed by atoms with van der Waals surface area (Å²) < 4.78 is 85.0. The molecule has 0 atom stereocenters. The number of likely N-dealkylation sites (tertiary alicyclic amines) is 1. The zero-order valence-corrected chi connectivity index (χ0v) is 23.6. The molecule has 0 spiro atoms. The third kappa shape index (κ3) is 7.59.